The summed E-state index contributed by atoms with van der Waals surface area (Å²) in [6.07, 6.45) is 2.46. The molecule has 0 radical (unpaired) electrons. The minimum atomic E-state index is -1.00. The number of aliphatic carboxylic acids is 1. The van der Waals surface area contributed by atoms with Gasteiger partial charge in [0.15, 0.2) is 0 Å². The number of carboxylic acids is 1. The largest absolute Gasteiger partial charge is 0.491 e. The van der Waals surface area contributed by atoms with Crippen LogP contribution in [-0.4, -0.2) is 35.5 Å². The number of amides is 1. The highest BCUT2D eigenvalue weighted by Gasteiger charge is 2.35. The molecule has 31 heavy (non-hydrogen) atoms. The molecule has 2 rings (SSSR count). The second-order valence-corrected chi connectivity index (χ2v) is 7.65. The van der Waals surface area contributed by atoms with Gasteiger partial charge in [0.05, 0.1) is 6.61 Å². The Hall–Kier alpha value is -3.32. The average molecular weight is 427 g/mol. The van der Waals surface area contributed by atoms with Crippen LogP contribution in [0.1, 0.15) is 38.4 Å². The quantitative estimate of drug-likeness (QED) is 0.445. The van der Waals surface area contributed by atoms with Gasteiger partial charge in [-0.15, -0.1) is 0 Å². The van der Waals surface area contributed by atoms with Gasteiger partial charge in [-0.05, 0) is 31.0 Å². The number of benzene rings is 2. The van der Waals surface area contributed by atoms with Gasteiger partial charge in [-0.3, -0.25) is 5.32 Å². The number of para-hydroxylation sites is 2. The number of carbonyl (C=O) groups excluding carboxylic acids is 1. The summed E-state index contributed by atoms with van der Waals surface area (Å²) in [4.78, 5) is 23.4. The van der Waals surface area contributed by atoms with Crippen molar-refractivity contribution >= 4 is 17.7 Å². The summed E-state index contributed by atoms with van der Waals surface area (Å²) < 4.78 is 11.5. The van der Waals surface area contributed by atoms with E-state index in [-0.39, 0.29) is 13.2 Å². The minimum Gasteiger partial charge on any atom is -0.491 e. The van der Waals surface area contributed by atoms with Crippen molar-refractivity contribution in [1.82, 2.24) is 0 Å². The topological polar surface area (TPSA) is 105 Å². The standard InChI is InChI=1S/C24H29NO6/c1-24(2,15-9-8-14-21(27)28)22(19-12-6-7-13-20(19)30-17-16-26)31-23(29)25-18-10-4-3-5-11-18/h3-8,10-14,22,26H,9,15-17H2,1-2H3,(H,25,29)(H,27,28)/b14-8+/t22-/m1/s1. The molecule has 3 N–H and O–H groups in total. The van der Waals surface area contributed by atoms with Crippen molar-refractivity contribution in [3.63, 3.8) is 0 Å². The van der Waals surface area contributed by atoms with Gasteiger partial charge in [-0.25, -0.2) is 9.59 Å². The molecule has 166 valence electrons. The van der Waals surface area contributed by atoms with Crippen molar-refractivity contribution in [3.05, 3.63) is 72.3 Å². The molecule has 0 aromatic heterocycles. The van der Waals surface area contributed by atoms with E-state index in [1.54, 1.807) is 30.3 Å². The molecule has 7 heteroatoms. The second kappa shape index (κ2) is 11.8. The van der Waals surface area contributed by atoms with Gasteiger partial charge in [0.1, 0.15) is 18.5 Å². The number of aliphatic hydroxyl groups excluding tert-OH is 1. The first-order valence-corrected chi connectivity index (χ1v) is 10.1. The molecule has 0 saturated heterocycles. The average Bonchev–Trinajstić information content (AvgIpc) is 2.74. The van der Waals surface area contributed by atoms with E-state index >= 15 is 0 Å². The summed E-state index contributed by atoms with van der Waals surface area (Å²) in [5.74, 6) is -0.487. The number of ether oxygens (including phenoxy) is 2. The molecular formula is C24H29NO6. The third kappa shape index (κ3) is 7.79. The molecule has 0 fully saturated rings. The van der Waals surface area contributed by atoms with Crippen LogP contribution >= 0.6 is 0 Å². The van der Waals surface area contributed by atoms with Gasteiger partial charge >= 0.3 is 12.1 Å². The fraction of sp³-hybridized carbons (Fsp3) is 0.333. The third-order valence-corrected chi connectivity index (χ3v) is 4.72. The predicted molar refractivity (Wildman–Crippen MR) is 118 cm³/mol. The Morgan fingerprint density at radius 1 is 1.10 bits per heavy atom. The van der Waals surface area contributed by atoms with Gasteiger partial charge in [-0.2, -0.15) is 0 Å². The van der Waals surface area contributed by atoms with Crippen LogP contribution < -0.4 is 10.1 Å². The molecule has 0 saturated carbocycles. The summed E-state index contributed by atoms with van der Waals surface area (Å²) in [7, 11) is 0. The molecule has 0 heterocycles. The van der Waals surface area contributed by atoms with Crippen LogP contribution in [0, 0.1) is 5.41 Å². The number of aliphatic hydroxyl groups is 1. The number of rotatable bonds is 11. The number of hydrogen-bond donors (Lipinski definition) is 3. The van der Waals surface area contributed by atoms with Crippen LogP contribution in [0.25, 0.3) is 0 Å². The monoisotopic (exact) mass is 427 g/mol. The minimum absolute atomic E-state index is 0.113. The van der Waals surface area contributed by atoms with Gasteiger partial charge in [0.2, 0.25) is 0 Å². The number of allylic oxidation sites excluding steroid dienone is 1. The molecule has 0 aliphatic carbocycles. The van der Waals surface area contributed by atoms with Gasteiger partial charge in [-0.1, -0.05) is 56.3 Å². The zero-order valence-electron chi connectivity index (χ0n) is 17.8. The van der Waals surface area contributed by atoms with E-state index in [4.69, 9.17) is 19.7 Å². The molecular weight excluding hydrogens is 398 g/mol. The van der Waals surface area contributed by atoms with Crippen LogP contribution in [0.15, 0.2) is 66.7 Å². The van der Waals surface area contributed by atoms with Crippen LogP contribution in [0.4, 0.5) is 10.5 Å². The van der Waals surface area contributed by atoms with Gasteiger partial charge in [0.25, 0.3) is 0 Å². The Kier molecular flexibility index (Phi) is 9.09. The van der Waals surface area contributed by atoms with Crippen molar-refractivity contribution < 1.29 is 29.3 Å². The van der Waals surface area contributed by atoms with Crippen LogP contribution in [0.2, 0.25) is 0 Å². The maximum absolute atomic E-state index is 12.7. The van der Waals surface area contributed by atoms with Crippen LogP contribution in [-0.2, 0) is 9.53 Å². The molecule has 0 spiro atoms. The maximum Gasteiger partial charge on any atom is 0.412 e. The Bertz CT molecular complexity index is 879. The number of hydrogen-bond acceptors (Lipinski definition) is 5. The Labute approximate surface area is 182 Å². The summed E-state index contributed by atoms with van der Waals surface area (Å²) in [5.41, 5.74) is 0.736. The van der Waals surface area contributed by atoms with Crippen LogP contribution in [0.5, 0.6) is 5.75 Å². The molecule has 2 aromatic rings. The maximum atomic E-state index is 12.7. The van der Waals surface area contributed by atoms with E-state index in [1.807, 2.05) is 44.2 Å². The highest BCUT2D eigenvalue weighted by atomic mass is 16.6. The summed E-state index contributed by atoms with van der Waals surface area (Å²) in [5, 5.41) is 20.7. The van der Waals surface area contributed by atoms with Crippen molar-refractivity contribution in [1.29, 1.82) is 0 Å². The first-order chi connectivity index (χ1) is 14.8. The fourth-order valence-corrected chi connectivity index (χ4v) is 3.17. The predicted octanol–water partition coefficient (Wildman–Crippen LogP) is 4.79. The zero-order chi connectivity index (χ0) is 22.7. The number of carboxylic acid groups (broad SMARTS) is 1. The highest BCUT2D eigenvalue weighted by molar-refractivity contribution is 5.84. The number of carbonyl (C=O) groups is 2. The van der Waals surface area contributed by atoms with E-state index in [1.165, 1.54) is 0 Å². The first-order valence-electron chi connectivity index (χ1n) is 10.1. The van der Waals surface area contributed by atoms with E-state index < -0.39 is 23.6 Å². The van der Waals surface area contributed by atoms with Gasteiger partial charge < -0.3 is 19.7 Å². The second-order valence-electron chi connectivity index (χ2n) is 7.65. The Balaban J connectivity index is 2.28. The first kappa shape index (κ1) is 24.0. The van der Waals surface area contributed by atoms with E-state index in [0.717, 1.165) is 6.08 Å². The lowest BCUT2D eigenvalue weighted by Crippen LogP contribution is -2.29. The summed E-state index contributed by atoms with van der Waals surface area (Å²) in [6.45, 7) is 3.87. The highest BCUT2D eigenvalue weighted by Crippen LogP contribution is 2.43. The fourth-order valence-electron chi connectivity index (χ4n) is 3.17. The van der Waals surface area contributed by atoms with Crippen molar-refractivity contribution in [3.8, 4) is 5.75 Å². The lowest BCUT2D eigenvalue weighted by Gasteiger charge is -2.35. The summed E-state index contributed by atoms with van der Waals surface area (Å²) >= 11 is 0. The molecule has 0 bridgehead atoms. The van der Waals surface area contributed by atoms with Crippen molar-refractivity contribution in [2.24, 2.45) is 5.41 Å². The SMILES string of the molecule is CC(C)(CC/C=C/C(=O)O)[C@H](OC(=O)Nc1ccccc1)c1ccccc1OCCO. The van der Waals surface area contributed by atoms with Gasteiger partial charge in [0, 0.05) is 22.7 Å². The molecule has 0 unspecified atom stereocenters. The van der Waals surface area contributed by atoms with E-state index in [2.05, 4.69) is 5.32 Å². The molecule has 0 aliphatic rings. The number of anilines is 1. The normalized spacial score (nSPS) is 12.4. The lowest BCUT2D eigenvalue weighted by atomic mass is 9.78. The lowest BCUT2D eigenvalue weighted by molar-refractivity contribution is -0.131. The zero-order valence-corrected chi connectivity index (χ0v) is 17.8. The molecule has 0 aliphatic heterocycles. The molecule has 7 nitrogen and oxygen atoms in total. The van der Waals surface area contributed by atoms with Crippen molar-refractivity contribution in [2.45, 2.75) is 32.8 Å². The molecule has 2 aromatic carbocycles. The van der Waals surface area contributed by atoms with Crippen LogP contribution in [0.3, 0.4) is 0 Å². The third-order valence-electron chi connectivity index (χ3n) is 4.72. The smallest absolute Gasteiger partial charge is 0.412 e. The van der Waals surface area contributed by atoms with E-state index in [0.29, 0.717) is 29.8 Å². The Morgan fingerprint density at radius 2 is 1.77 bits per heavy atom. The molecule has 1 atom stereocenters. The van der Waals surface area contributed by atoms with Crippen molar-refractivity contribution in [2.75, 3.05) is 18.5 Å². The summed E-state index contributed by atoms with van der Waals surface area (Å²) in [6, 6.07) is 16.2. The molecule has 1 amide bonds. The van der Waals surface area contributed by atoms with E-state index in [9.17, 15) is 9.59 Å². The Morgan fingerprint density at radius 3 is 2.45 bits per heavy atom. The number of nitrogens with one attached hydrogen (secondary N) is 1.